The Balaban J connectivity index is 3.03. The first-order chi connectivity index (χ1) is 7.04. The number of hydrogen-bond donors (Lipinski definition) is 1. The van der Waals surface area contributed by atoms with Gasteiger partial charge in [0.2, 0.25) is 0 Å². The molecule has 0 saturated heterocycles. The summed E-state index contributed by atoms with van der Waals surface area (Å²) in [6, 6.07) is 7.55. The smallest absolute Gasteiger partial charge is 0.181 e. The number of hydrogen-bond acceptors (Lipinski definition) is 3. The molecule has 3 nitrogen and oxygen atoms in total. The van der Waals surface area contributed by atoms with Crippen LogP contribution < -0.4 is 4.74 Å². The topological polar surface area (TPSA) is 53.2 Å². The van der Waals surface area contributed by atoms with Crippen molar-refractivity contribution in [3.63, 3.8) is 0 Å². The van der Waals surface area contributed by atoms with Gasteiger partial charge in [-0.25, -0.2) is 0 Å². The molecule has 0 aliphatic heterocycles. The third kappa shape index (κ3) is 2.97. The lowest BCUT2D eigenvalue weighted by Gasteiger charge is -2.15. The summed E-state index contributed by atoms with van der Waals surface area (Å²) < 4.78 is 5.42. The second kappa shape index (κ2) is 4.81. The number of aliphatic hydroxyl groups is 1. The molecule has 2 atom stereocenters. The lowest BCUT2D eigenvalue weighted by atomic mass is 10.1. The fourth-order valence-electron chi connectivity index (χ4n) is 1.31. The highest BCUT2D eigenvalue weighted by molar-refractivity contribution is 5.38. The van der Waals surface area contributed by atoms with Gasteiger partial charge in [-0.15, -0.1) is 0 Å². The van der Waals surface area contributed by atoms with Crippen LogP contribution in [0, 0.1) is 18.3 Å². The zero-order chi connectivity index (χ0) is 11.4. The molecule has 0 fully saturated rings. The normalized spacial score (nSPS) is 14.1. The molecule has 0 amide bonds. The van der Waals surface area contributed by atoms with Crippen LogP contribution in [0.3, 0.4) is 0 Å². The lowest BCUT2D eigenvalue weighted by molar-refractivity contribution is 0.187. The predicted molar refractivity (Wildman–Crippen MR) is 57.5 cm³/mol. The summed E-state index contributed by atoms with van der Waals surface area (Å²) >= 11 is 0. The molecule has 1 rings (SSSR count). The van der Waals surface area contributed by atoms with Gasteiger partial charge in [-0.2, -0.15) is 5.26 Å². The van der Waals surface area contributed by atoms with Crippen molar-refractivity contribution < 1.29 is 9.84 Å². The molecule has 1 N–H and O–H groups in total. The minimum Gasteiger partial charge on any atom is -0.475 e. The quantitative estimate of drug-likeness (QED) is 0.824. The van der Waals surface area contributed by atoms with E-state index in [1.54, 1.807) is 13.8 Å². The number of benzene rings is 1. The lowest BCUT2D eigenvalue weighted by Crippen LogP contribution is -2.10. The summed E-state index contributed by atoms with van der Waals surface area (Å²) in [4.78, 5) is 0. The summed E-state index contributed by atoms with van der Waals surface area (Å²) in [5, 5.41) is 18.2. The maximum atomic E-state index is 9.52. The average molecular weight is 205 g/mol. The van der Waals surface area contributed by atoms with Gasteiger partial charge in [0.15, 0.2) is 6.10 Å². The van der Waals surface area contributed by atoms with Crippen LogP contribution in [0.1, 0.15) is 31.1 Å². The molecule has 0 radical (unpaired) electrons. The van der Waals surface area contributed by atoms with Crippen LogP contribution in [0.25, 0.3) is 0 Å². The Kier molecular flexibility index (Phi) is 3.70. The Morgan fingerprint density at radius 3 is 2.60 bits per heavy atom. The van der Waals surface area contributed by atoms with Crippen molar-refractivity contribution >= 4 is 0 Å². The van der Waals surface area contributed by atoms with Crippen molar-refractivity contribution in [2.24, 2.45) is 0 Å². The van der Waals surface area contributed by atoms with Gasteiger partial charge >= 0.3 is 0 Å². The number of rotatable bonds is 3. The zero-order valence-electron chi connectivity index (χ0n) is 9.19. The monoisotopic (exact) mass is 205 g/mol. The first-order valence-corrected chi connectivity index (χ1v) is 4.89. The van der Waals surface area contributed by atoms with Crippen LogP contribution in [0.5, 0.6) is 5.75 Å². The van der Waals surface area contributed by atoms with E-state index in [9.17, 15) is 5.11 Å². The van der Waals surface area contributed by atoms with Gasteiger partial charge in [-0.3, -0.25) is 0 Å². The van der Waals surface area contributed by atoms with Crippen molar-refractivity contribution in [3.05, 3.63) is 29.3 Å². The Morgan fingerprint density at radius 2 is 2.07 bits per heavy atom. The van der Waals surface area contributed by atoms with E-state index in [4.69, 9.17) is 10.00 Å². The molecule has 0 aromatic heterocycles. The number of ether oxygens (including phenoxy) is 1. The van der Waals surface area contributed by atoms with Crippen molar-refractivity contribution in [3.8, 4) is 11.8 Å². The highest BCUT2D eigenvalue weighted by Crippen LogP contribution is 2.26. The molecular weight excluding hydrogens is 190 g/mol. The van der Waals surface area contributed by atoms with Crippen LogP contribution in [-0.4, -0.2) is 11.2 Å². The minimum atomic E-state index is -0.591. The second-order valence-corrected chi connectivity index (χ2v) is 3.61. The van der Waals surface area contributed by atoms with Crippen molar-refractivity contribution in [1.29, 1.82) is 5.26 Å². The Morgan fingerprint density at radius 1 is 1.40 bits per heavy atom. The average Bonchev–Trinajstić information content (AvgIpc) is 2.17. The maximum Gasteiger partial charge on any atom is 0.181 e. The fraction of sp³-hybridized carbons (Fsp3) is 0.417. The molecule has 1 aromatic carbocycles. The molecule has 1 aromatic rings. The van der Waals surface area contributed by atoms with E-state index in [0.717, 1.165) is 5.56 Å². The van der Waals surface area contributed by atoms with E-state index >= 15 is 0 Å². The number of aryl methyl sites for hydroxylation is 1. The van der Waals surface area contributed by atoms with Gasteiger partial charge in [-0.1, -0.05) is 12.1 Å². The number of aliphatic hydroxyl groups excluding tert-OH is 1. The van der Waals surface area contributed by atoms with Gasteiger partial charge in [0.25, 0.3) is 0 Å². The van der Waals surface area contributed by atoms with Crippen LogP contribution in [-0.2, 0) is 0 Å². The van der Waals surface area contributed by atoms with Gasteiger partial charge in [-0.05, 0) is 32.4 Å². The first-order valence-electron chi connectivity index (χ1n) is 4.89. The summed E-state index contributed by atoms with van der Waals surface area (Å²) in [7, 11) is 0. The molecule has 80 valence electrons. The highest BCUT2D eigenvalue weighted by Gasteiger charge is 2.11. The summed E-state index contributed by atoms with van der Waals surface area (Å²) in [5.41, 5.74) is 1.75. The summed E-state index contributed by atoms with van der Waals surface area (Å²) in [6.07, 6.45) is -1.10. The van der Waals surface area contributed by atoms with Crippen LogP contribution in [0.4, 0.5) is 0 Å². The summed E-state index contributed by atoms with van der Waals surface area (Å²) in [5.74, 6) is 0.582. The minimum absolute atomic E-state index is 0.510. The van der Waals surface area contributed by atoms with E-state index in [1.807, 2.05) is 31.2 Å². The van der Waals surface area contributed by atoms with E-state index in [-0.39, 0.29) is 0 Å². The Bertz CT molecular complexity index is 380. The zero-order valence-corrected chi connectivity index (χ0v) is 9.19. The molecule has 0 aliphatic carbocycles. The molecule has 0 heterocycles. The van der Waals surface area contributed by atoms with E-state index in [2.05, 4.69) is 0 Å². The first kappa shape index (κ1) is 11.5. The molecule has 0 spiro atoms. The van der Waals surface area contributed by atoms with E-state index < -0.39 is 12.2 Å². The molecule has 0 bridgehead atoms. The SMILES string of the molecule is Cc1ccc([C@@H](C)O)c(OC(C)C#N)c1. The number of nitrogens with zero attached hydrogens (tertiary/aromatic N) is 1. The molecule has 3 heteroatoms. The molecule has 0 aliphatic rings. The van der Waals surface area contributed by atoms with Crippen molar-refractivity contribution in [2.75, 3.05) is 0 Å². The fourth-order valence-corrected chi connectivity index (χ4v) is 1.31. The highest BCUT2D eigenvalue weighted by atomic mass is 16.5. The third-order valence-electron chi connectivity index (χ3n) is 2.10. The second-order valence-electron chi connectivity index (χ2n) is 3.61. The molecular formula is C12H15NO2. The molecule has 15 heavy (non-hydrogen) atoms. The van der Waals surface area contributed by atoms with Crippen molar-refractivity contribution in [2.45, 2.75) is 33.0 Å². The molecule has 0 saturated carbocycles. The maximum absolute atomic E-state index is 9.52. The predicted octanol–water partition coefficient (Wildman–Crippen LogP) is 2.34. The van der Waals surface area contributed by atoms with E-state index in [1.165, 1.54) is 0 Å². The van der Waals surface area contributed by atoms with Crippen LogP contribution >= 0.6 is 0 Å². The number of nitriles is 1. The van der Waals surface area contributed by atoms with Gasteiger partial charge in [0, 0.05) is 5.56 Å². The van der Waals surface area contributed by atoms with Crippen LogP contribution in [0.15, 0.2) is 18.2 Å². The van der Waals surface area contributed by atoms with E-state index in [0.29, 0.717) is 11.3 Å². The van der Waals surface area contributed by atoms with Gasteiger partial charge in [0.05, 0.1) is 6.10 Å². The largest absolute Gasteiger partial charge is 0.475 e. The van der Waals surface area contributed by atoms with Gasteiger partial charge < -0.3 is 9.84 Å². The Hall–Kier alpha value is -1.53. The van der Waals surface area contributed by atoms with Gasteiger partial charge in [0.1, 0.15) is 11.8 Å². The molecule has 1 unspecified atom stereocenters. The Labute approximate surface area is 89.9 Å². The van der Waals surface area contributed by atoms with Crippen LogP contribution in [0.2, 0.25) is 0 Å². The summed E-state index contributed by atoms with van der Waals surface area (Å²) in [6.45, 7) is 5.29. The third-order valence-corrected chi connectivity index (χ3v) is 2.10. The van der Waals surface area contributed by atoms with Crippen molar-refractivity contribution in [1.82, 2.24) is 0 Å². The standard InChI is InChI=1S/C12H15NO2/c1-8-4-5-11(10(3)14)12(6-8)15-9(2)7-13/h4-6,9-10,14H,1-3H3/t9?,10-/m1/s1.